The van der Waals surface area contributed by atoms with Crippen LogP contribution in [0.4, 0.5) is 5.82 Å². The number of anilines is 1. The second-order valence-electron chi connectivity index (χ2n) is 4.14. The van der Waals surface area contributed by atoms with E-state index in [9.17, 15) is 4.79 Å². The number of amides is 1. The third-order valence-corrected chi connectivity index (χ3v) is 2.52. The Labute approximate surface area is 110 Å². The van der Waals surface area contributed by atoms with Crippen LogP contribution in [0.5, 0.6) is 0 Å². The average Bonchev–Trinajstić information content (AvgIpc) is 3.00. The molecule has 4 N–H and O–H groups in total. The van der Waals surface area contributed by atoms with Crippen molar-refractivity contribution in [3.8, 4) is 0 Å². The third kappa shape index (κ3) is 3.38. The molecule has 0 aromatic carbocycles. The molecule has 8 nitrogen and oxygen atoms in total. The number of nitrogens with zero attached hydrogens (tertiary/aromatic N) is 4. The molecule has 0 saturated heterocycles. The topological polar surface area (TPSA) is 115 Å². The highest BCUT2D eigenvalue weighted by Crippen LogP contribution is 2.08. The van der Waals surface area contributed by atoms with Crippen LogP contribution in [0.1, 0.15) is 29.5 Å². The lowest BCUT2D eigenvalue weighted by molar-refractivity contribution is 0.102. The van der Waals surface area contributed by atoms with Crippen LogP contribution in [-0.4, -0.2) is 37.6 Å². The van der Waals surface area contributed by atoms with E-state index in [1.807, 2.05) is 6.07 Å². The summed E-state index contributed by atoms with van der Waals surface area (Å²) in [4.78, 5) is 11.9. The zero-order valence-corrected chi connectivity index (χ0v) is 10.8. The van der Waals surface area contributed by atoms with E-state index in [0.717, 1.165) is 18.5 Å². The van der Waals surface area contributed by atoms with E-state index in [-0.39, 0.29) is 11.6 Å². The zero-order chi connectivity index (χ0) is 13.7. The molecule has 0 aliphatic rings. The van der Waals surface area contributed by atoms with E-state index >= 15 is 0 Å². The van der Waals surface area contributed by atoms with Gasteiger partial charge in [0.2, 0.25) is 0 Å². The van der Waals surface area contributed by atoms with Gasteiger partial charge < -0.3 is 11.1 Å². The molecular formula is C11H17N7O. The van der Waals surface area contributed by atoms with Crippen molar-refractivity contribution in [3.05, 3.63) is 23.7 Å². The van der Waals surface area contributed by atoms with E-state index in [1.54, 1.807) is 6.20 Å². The molecule has 0 radical (unpaired) electrons. The summed E-state index contributed by atoms with van der Waals surface area (Å²) in [5.74, 6) is 0.152. The second-order valence-corrected chi connectivity index (χ2v) is 4.14. The summed E-state index contributed by atoms with van der Waals surface area (Å²) >= 11 is 0. The predicted molar refractivity (Wildman–Crippen MR) is 69.6 cm³/mol. The summed E-state index contributed by atoms with van der Waals surface area (Å²) in [5, 5.41) is 17.1. The Morgan fingerprint density at radius 3 is 3.16 bits per heavy atom. The van der Waals surface area contributed by atoms with E-state index in [1.165, 1.54) is 4.68 Å². The number of hydrogen-bond acceptors (Lipinski definition) is 5. The predicted octanol–water partition coefficient (Wildman–Crippen LogP) is 0.165. The first-order valence-electron chi connectivity index (χ1n) is 6.18. The van der Waals surface area contributed by atoms with Gasteiger partial charge in [-0.3, -0.25) is 14.6 Å². The number of rotatable bonds is 6. The molecule has 19 heavy (non-hydrogen) atoms. The van der Waals surface area contributed by atoms with Crippen molar-refractivity contribution in [3.63, 3.8) is 0 Å². The van der Waals surface area contributed by atoms with E-state index in [0.29, 0.717) is 18.9 Å². The Morgan fingerprint density at radius 1 is 1.58 bits per heavy atom. The number of H-pyrrole nitrogens is 1. The quantitative estimate of drug-likeness (QED) is 0.687. The van der Waals surface area contributed by atoms with Crippen LogP contribution in [0.3, 0.4) is 0 Å². The fourth-order valence-corrected chi connectivity index (χ4v) is 1.65. The lowest BCUT2D eigenvalue weighted by atomic mass is 10.2. The van der Waals surface area contributed by atoms with Crippen LogP contribution < -0.4 is 11.1 Å². The van der Waals surface area contributed by atoms with Crippen molar-refractivity contribution in [2.75, 3.05) is 11.9 Å². The smallest absolute Gasteiger partial charge is 0.279 e. The normalized spacial score (nSPS) is 10.6. The maximum Gasteiger partial charge on any atom is 0.279 e. The number of carbonyl (C=O) groups is 1. The van der Waals surface area contributed by atoms with Gasteiger partial charge in [-0.2, -0.15) is 5.10 Å². The molecular weight excluding hydrogens is 246 g/mol. The van der Waals surface area contributed by atoms with Crippen LogP contribution in [0, 0.1) is 0 Å². The summed E-state index contributed by atoms with van der Waals surface area (Å²) in [6.45, 7) is 3.06. The first kappa shape index (κ1) is 13.2. The molecule has 0 aliphatic heterocycles. The molecule has 0 aliphatic carbocycles. The minimum Gasteiger partial charge on any atom is -0.329 e. The van der Waals surface area contributed by atoms with Gasteiger partial charge in [-0.1, -0.05) is 18.6 Å². The molecule has 0 bridgehead atoms. The molecule has 0 fully saturated rings. The number of aromatic amines is 1. The van der Waals surface area contributed by atoms with Crippen LogP contribution in [-0.2, 0) is 13.0 Å². The Balaban J connectivity index is 1.98. The SMILES string of the molecule is CCCc1cc(NC(=O)c2cn(CCN)nn2)n[nH]1. The van der Waals surface area contributed by atoms with Gasteiger partial charge in [0.05, 0.1) is 12.7 Å². The number of aryl methyl sites for hydroxylation is 1. The van der Waals surface area contributed by atoms with Gasteiger partial charge in [0.1, 0.15) is 0 Å². The number of aromatic nitrogens is 5. The Hall–Kier alpha value is -2.22. The molecule has 0 saturated carbocycles. The molecule has 1 amide bonds. The fourth-order valence-electron chi connectivity index (χ4n) is 1.65. The van der Waals surface area contributed by atoms with Crippen LogP contribution in [0.25, 0.3) is 0 Å². The van der Waals surface area contributed by atoms with E-state index in [2.05, 4.69) is 32.7 Å². The van der Waals surface area contributed by atoms with Gasteiger partial charge in [-0.15, -0.1) is 5.10 Å². The van der Waals surface area contributed by atoms with Gasteiger partial charge in [-0.05, 0) is 6.42 Å². The van der Waals surface area contributed by atoms with Crippen molar-refractivity contribution in [2.24, 2.45) is 5.73 Å². The van der Waals surface area contributed by atoms with Crippen molar-refractivity contribution >= 4 is 11.7 Å². The van der Waals surface area contributed by atoms with Crippen molar-refractivity contribution in [1.82, 2.24) is 25.2 Å². The minimum absolute atomic E-state index is 0.244. The largest absolute Gasteiger partial charge is 0.329 e. The zero-order valence-electron chi connectivity index (χ0n) is 10.8. The van der Waals surface area contributed by atoms with Crippen LogP contribution >= 0.6 is 0 Å². The van der Waals surface area contributed by atoms with Crippen LogP contribution in [0.15, 0.2) is 12.3 Å². The van der Waals surface area contributed by atoms with Gasteiger partial charge in [-0.25, -0.2) is 0 Å². The molecule has 102 valence electrons. The first-order chi connectivity index (χ1) is 9.22. The number of hydrogen-bond donors (Lipinski definition) is 3. The summed E-state index contributed by atoms with van der Waals surface area (Å²) in [7, 11) is 0. The molecule has 2 rings (SSSR count). The Bertz CT molecular complexity index is 545. The summed E-state index contributed by atoms with van der Waals surface area (Å²) in [6, 6.07) is 1.81. The molecule has 0 spiro atoms. The lowest BCUT2D eigenvalue weighted by Gasteiger charge is -1.96. The van der Waals surface area contributed by atoms with E-state index < -0.39 is 0 Å². The number of nitrogens with one attached hydrogen (secondary N) is 2. The molecule has 8 heteroatoms. The minimum atomic E-state index is -0.335. The highest BCUT2D eigenvalue weighted by molar-refractivity contribution is 6.02. The van der Waals surface area contributed by atoms with Crippen LogP contribution in [0.2, 0.25) is 0 Å². The summed E-state index contributed by atoms with van der Waals surface area (Å²) in [6.07, 6.45) is 3.47. The molecule has 2 aromatic rings. The Kier molecular flexibility index (Phi) is 4.24. The monoisotopic (exact) mass is 263 g/mol. The van der Waals surface area contributed by atoms with Crippen molar-refractivity contribution < 1.29 is 4.79 Å². The molecule has 0 atom stereocenters. The number of carbonyl (C=O) groups excluding carboxylic acids is 1. The van der Waals surface area contributed by atoms with Gasteiger partial charge in [0, 0.05) is 18.3 Å². The fraction of sp³-hybridized carbons (Fsp3) is 0.455. The Morgan fingerprint density at radius 2 is 2.42 bits per heavy atom. The number of nitrogens with two attached hydrogens (primary N) is 1. The van der Waals surface area contributed by atoms with Crippen molar-refractivity contribution in [2.45, 2.75) is 26.3 Å². The highest BCUT2D eigenvalue weighted by atomic mass is 16.2. The molecule has 2 aromatic heterocycles. The summed E-state index contributed by atoms with van der Waals surface area (Å²) in [5.41, 5.74) is 6.63. The highest BCUT2D eigenvalue weighted by Gasteiger charge is 2.12. The standard InChI is InChI=1S/C11H17N7O/c1-2-3-8-6-10(16-14-8)13-11(19)9-7-18(5-4-12)17-15-9/h6-7H,2-5,12H2,1H3,(H2,13,14,16,19). The van der Waals surface area contributed by atoms with E-state index in [4.69, 9.17) is 5.73 Å². The lowest BCUT2D eigenvalue weighted by Crippen LogP contribution is -2.13. The maximum atomic E-state index is 11.9. The maximum absolute atomic E-state index is 11.9. The molecule has 2 heterocycles. The second kappa shape index (κ2) is 6.10. The van der Waals surface area contributed by atoms with Gasteiger partial charge >= 0.3 is 0 Å². The average molecular weight is 263 g/mol. The van der Waals surface area contributed by atoms with Gasteiger partial charge in [0.15, 0.2) is 11.5 Å². The first-order valence-corrected chi connectivity index (χ1v) is 6.18. The summed E-state index contributed by atoms with van der Waals surface area (Å²) < 4.78 is 1.53. The third-order valence-electron chi connectivity index (χ3n) is 2.52. The molecule has 0 unspecified atom stereocenters. The van der Waals surface area contributed by atoms with Gasteiger partial charge in [0.25, 0.3) is 5.91 Å². The van der Waals surface area contributed by atoms with Crippen molar-refractivity contribution in [1.29, 1.82) is 0 Å².